The fourth-order valence-corrected chi connectivity index (χ4v) is 3.95. The topological polar surface area (TPSA) is 70.9 Å². The van der Waals surface area contributed by atoms with Crippen molar-refractivity contribution in [3.05, 3.63) is 101 Å². The molecule has 3 aromatic carbocycles. The van der Waals surface area contributed by atoms with Crippen molar-refractivity contribution in [2.75, 3.05) is 6.61 Å². The van der Waals surface area contributed by atoms with Crippen molar-refractivity contribution in [2.24, 2.45) is 0 Å². The molecule has 1 N–H and O–H groups in total. The van der Waals surface area contributed by atoms with Gasteiger partial charge in [-0.3, -0.25) is 0 Å². The number of nitriles is 1. The number of benzene rings is 3. The third kappa shape index (κ3) is 5.44. The van der Waals surface area contributed by atoms with E-state index in [1.165, 1.54) is 11.1 Å². The lowest BCUT2D eigenvalue weighted by Gasteiger charge is -2.17. The summed E-state index contributed by atoms with van der Waals surface area (Å²) < 4.78 is 12.2. The number of aryl methyl sites for hydroxylation is 2. The molecule has 0 aliphatic carbocycles. The Labute approximate surface area is 206 Å². The first-order valence-electron chi connectivity index (χ1n) is 11.7. The summed E-state index contributed by atoms with van der Waals surface area (Å²) in [7, 11) is 0. The van der Waals surface area contributed by atoms with Gasteiger partial charge < -0.3 is 14.5 Å². The lowest BCUT2D eigenvalue weighted by molar-refractivity contribution is 0.267. The van der Waals surface area contributed by atoms with Crippen molar-refractivity contribution >= 4 is 22.7 Å². The minimum absolute atomic E-state index is 0.432. The Hall–Kier alpha value is -4.30. The molecule has 1 heterocycles. The number of rotatable bonds is 9. The first kappa shape index (κ1) is 23.8. The molecule has 0 unspecified atom stereocenters. The highest BCUT2D eigenvalue weighted by atomic mass is 16.5. The van der Waals surface area contributed by atoms with Crippen LogP contribution in [0.3, 0.4) is 0 Å². The highest BCUT2D eigenvalue weighted by molar-refractivity contribution is 5.91. The summed E-state index contributed by atoms with van der Waals surface area (Å²) >= 11 is 0. The molecule has 0 radical (unpaired) electrons. The average molecular weight is 464 g/mol. The lowest BCUT2D eigenvalue weighted by atomic mass is 10.0. The summed E-state index contributed by atoms with van der Waals surface area (Å²) in [6.45, 7) is 10.9. The van der Waals surface area contributed by atoms with Gasteiger partial charge in [0.2, 0.25) is 0 Å². The largest absolute Gasteiger partial charge is 0.490 e. The van der Waals surface area contributed by atoms with Crippen LogP contribution in [0.1, 0.15) is 40.6 Å². The third-order valence-electron chi connectivity index (χ3n) is 5.83. The number of ether oxygens (including phenoxy) is 2. The third-order valence-corrected chi connectivity index (χ3v) is 5.83. The molecule has 0 saturated heterocycles. The van der Waals surface area contributed by atoms with E-state index in [0.29, 0.717) is 42.5 Å². The predicted molar refractivity (Wildman–Crippen MR) is 141 cm³/mol. The molecule has 0 aliphatic heterocycles. The fraction of sp³-hybridized carbons (Fsp3) is 0.200. The second kappa shape index (κ2) is 10.8. The molecule has 4 rings (SSSR count). The van der Waals surface area contributed by atoms with E-state index in [4.69, 9.17) is 9.47 Å². The maximum Gasteiger partial charge on any atom is 0.165 e. The Bertz CT molecular complexity index is 1390. The zero-order chi connectivity index (χ0) is 24.8. The maximum atomic E-state index is 9.93. The van der Waals surface area contributed by atoms with Gasteiger partial charge in [0.1, 0.15) is 18.5 Å². The van der Waals surface area contributed by atoms with Gasteiger partial charge in [0, 0.05) is 5.56 Å². The SMILES string of the molecule is C=CCc1cc(/C=C(/C#N)c2nc3cc(C)c(C)cc3[nH]2)cc(OCC)c1OCc1ccccc1. The number of nitrogens with one attached hydrogen (secondary N) is 1. The van der Waals surface area contributed by atoms with Gasteiger partial charge in [0.05, 0.1) is 23.2 Å². The number of hydrogen-bond donors (Lipinski definition) is 1. The van der Waals surface area contributed by atoms with Crippen LogP contribution in [0.15, 0.2) is 67.3 Å². The summed E-state index contributed by atoms with van der Waals surface area (Å²) in [5.41, 5.74) is 7.40. The van der Waals surface area contributed by atoms with E-state index < -0.39 is 0 Å². The lowest BCUT2D eigenvalue weighted by Crippen LogP contribution is -2.03. The number of H-pyrrole nitrogens is 1. The van der Waals surface area contributed by atoms with Crippen molar-refractivity contribution in [1.29, 1.82) is 5.26 Å². The number of aromatic nitrogens is 2. The van der Waals surface area contributed by atoms with Gasteiger partial charge in [-0.05, 0) is 79.8 Å². The van der Waals surface area contributed by atoms with Gasteiger partial charge in [0.25, 0.3) is 0 Å². The highest BCUT2D eigenvalue weighted by Gasteiger charge is 2.15. The molecule has 5 nitrogen and oxygen atoms in total. The fourth-order valence-electron chi connectivity index (χ4n) is 3.95. The van der Waals surface area contributed by atoms with Crippen molar-refractivity contribution in [3.63, 3.8) is 0 Å². The van der Waals surface area contributed by atoms with E-state index in [0.717, 1.165) is 27.7 Å². The van der Waals surface area contributed by atoms with Gasteiger partial charge >= 0.3 is 0 Å². The summed E-state index contributed by atoms with van der Waals surface area (Å²) in [4.78, 5) is 7.95. The van der Waals surface area contributed by atoms with E-state index in [1.54, 1.807) is 0 Å². The van der Waals surface area contributed by atoms with Crippen molar-refractivity contribution in [2.45, 2.75) is 33.8 Å². The quantitative estimate of drug-likeness (QED) is 0.215. The minimum Gasteiger partial charge on any atom is -0.490 e. The number of allylic oxidation sites excluding steroid dienone is 2. The van der Waals surface area contributed by atoms with Crippen LogP contribution in [0.5, 0.6) is 11.5 Å². The highest BCUT2D eigenvalue weighted by Crippen LogP contribution is 2.36. The molecule has 35 heavy (non-hydrogen) atoms. The molecule has 5 heteroatoms. The van der Waals surface area contributed by atoms with E-state index in [-0.39, 0.29) is 0 Å². The van der Waals surface area contributed by atoms with Crippen LogP contribution in [0.4, 0.5) is 0 Å². The smallest absolute Gasteiger partial charge is 0.165 e. The Morgan fingerprint density at radius 2 is 1.86 bits per heavy atom. The molecule has 4 aromatic rings. The standard InChI is InChI=1S/C30H29N3O2/c1-5-10-24-15-23(17-28(34-6-2)29(24)35-19-22-11-8-7-9-12-22)16-25(18-31)30-32-26-13-20(3)21(4)14-27(26)33-30/h5,7-9,11-17H,1,6,10,19H2,2-4H3,(H,32,33)/b25-16-. The molecule has 1 aromatic heterocycles. The first-order chi connectivity index (χ1) is 17.0. The van der Waals surface area contributed by atoms with Gasteiger partial charge in [-0.25, -0.2) is 4.98 Å². The van der Waals surface area contributed by atoms with Gasteiger partial charge in [-0.2, -0.15) is 5.26 Å². The molecule has 176 valence electrons. The Balaban J connectivity index is 1.73. The monoisotopic (exact) mass is 463 g/mol. The molecule has 0 fully saturated rings. The van der Waals surface area contributed by atoms with Gasteiger partial charge in [-0.15, -0.1) is 6.58 Å². The first-order valence-corrected chi connectivity index (χ1v) is 11.7. The second-order valence-corrected chi connectivity index (χ2v) is 8.42. The van der Waals surface area contributed by atoms with E-state index in [2.05, 4.69) is 42.5 Å². The van der Waals surface area contributed by atoms with Crippen LogP contribution in [0, 0.1) is 25.2 Å². The van der Waals surface area contributed by atoms with Crippen LogP contribution in [0.2, 0.25) is 0 Å². The second-order valence-electron chi connectivity index (χ2n) is 8.42. The summed E-state index contributed by atoms with van der Waals surface area (Å²) in [5, 5.41) is 9.93. The zero-order valence-electron chi connectivity index (χ0n) is 20.4. The molecule has 0 atom stereocenters. The number of imidazole rings is 1. The molecule has 0 bridgehead atoms. The maximum absolute atomic E-state index is 9.93. The summed E-state index contributed by atoms with van der Waals surface area (Å²) in [5.74, 6) is 1.88. The number of fused-ring (bicyclic) bond motifs is 1. The van der Waals surface area contributed by atoms with Crippen LogP contribution >= 0.6 is 0 Å². The van der Waals surface area contributed by atoms with Crippen LogP contribution in [-0.4, -0.2) is 16.6 Å². The molecular formula is C30H29N3O2. The van der Waals surface area contributed by atoms with Crippen molar-refractivity contribution < 1.29 is 9.47 Å². The minimum atomic E-state index is 0.432. The Morgan fingerprint density at radius 1 is 1.09 bits per heavy atom. The number of nitrogens with zero attached hydrogens (tertiary/aromatic N) is 2. The molecular weight excluding hydrogens is 434 g/mol. The molecule has 0 aliphatic rings. The summed E-state index contributed by atoms with van der Waals surface area (Å²) in [6, 6.07) is 20.3. The van der Waals surface area contributed by atoms with E-state index >= 15 is 0 Å². The van der Waals surface area contributed by atoms with Crippen LogP contribution in [-0.2, 0) is 13.0 Å². The van der Waals surface area contributed by atoms with Crippen molar-refractivity contribution in [1.82, 2.24) is 9.97 Å². The molecule has 0 saturated carbocycles. The Kier molecular flexibility index (Phi) is 7.32. The normalized spacial score (nSPS) is 11.3. The number of aromatic amines is 1. The van der Waals surface area contributed by atoms with Crippen molar-refractivity contribution in [3.8, 4) is 17.6 Å². The van der Waals surface area contributed by atoms with E-state index in [9.17, 15) is 5.26 Å². The zero-order valence-corrected chi connectivity index (χ0v) is 20.4. The Morgan fingerprint density at radius 3 is 2.57 bits per heavy atom. The van der Waals surface area contributed by atoms with E-state index in [1.807, 2.05) is 67.6 Å². The molecule has 0 amide bonds. The average Bonchev–Trinajstić information content (AvgIpc) is 3.25. The predicted octanol–water partition coefficient (Wildman–Crippen LogP) is 6.95. The van der Waals surface area contributed by atoms with Gasteiger partial charge in [-0.1, -0.05) is 36.4 Å². The van der Waals surface area contributed by atoms with Crippen LogP contribution < -0.4 is 9.47 Å². The van der Waals surface area contributed by atoms with Gasteiger partial charge in [0.15, 0.2) is 11.5 Å². The number of hydrogen-bond acceptors (Lipinski definition) is 4. The van der Waals surface area contributed by atoms with Crippen LogP contribution in [0.25, 0.3) is 22.7 Å². The molecule has 0 spiro atoms. The summed E-state index contributed by atoms with van der Waals surface area (Å²) in [6.07, 6.45) is 4.27.